The van der Waals surface area contributed by atoms with E-state index < -0.39 is 11.4 Å². The Morgan fingerprint density at radius 1 is 1.31 bits per heavy atom. The van der Waals surface area contributed by atoms with Crippen molar-refractivity contribution in [2.45, 2.75) is 45.8 Å². The van der Waals surface area contributed by atoms with E-state index in [2.05, 4.69) is 17.9 Å². The summed E-state index contributed by atoms with van der Waals surface area (Å²) in [5.41, 5.74) is 0.720. The lowest BCUT2D eigenvalue weighted by atomic mass is 9.96. The highest BCUT2D eigenvalue weighted by atomic mass is 16.5. The van der Waals surface area contributed by atoms with Crippen LogP contribution in [0.1, 0.15) is 39.2 Å². The number of Topliss-reactive ketones (excluding diaryl/α,β-unsaturated/α-hetero) is 1. The average molecular weight is 356 g/mol. The van der Waals surface area contributed by atoms with Crippen LogP contribution in [-0.4, -0.2) is 30.2 Å². The molecule has 0 aromatic heterocycles. The molecule has 0 aliphatic carbocycles. The number of ether oxygens (including phenoxy) is 2. The van der Waals surface area contributed by atoms with E-state index in [1.54, 1.807) is 20.1 Å². The summed E-state index contributed by atoms with van der Waals surface area (Å²) in [5.74, 6) is 5.27. The highest BCUT2D eigenvalue weighted by molar-refractivity contribution is 6.01. The molecule has 0 spiro atoms. The van der Waals surface area contributed by atoms with Crippen LogP contribution in [-0.2, 0) is 16.1 Å². The van der Waals surface area contributed by atoms with Gasteiger partial charge in [0.05, 0.1) is 20.3 Å². The van der Waals surface area contributed by atoms with E-state index in [0.29, 0.717) is 13.2 Å². The molecule has 0 aliphatic rings. The fourth-order valence-corrected chi connectivity index (χ4v) is 2.16. The van der Waals surface area contributed by atoms with Gasteiger partial charge in [0, 0.05) is 6.42 Å². The minimum absolute atomic E-state index is 0.236. The first kappa shape index (κ1) is 21.7. The van der Waals surface area contributed by atoms with Crippen LogP contribution in [0.25, 0.3) is 0 Å². The highest BCUT2D eigenvalue weighted by Crippen LogP contribution is 2.13. The number of carbonyl (C=O) groups excluding carboxylic acids is 1. The molecule has 0 bridgehead atoms. The molecule has 0 unspecified atom stereocenters. The van der Waals surface area contributed by atoms with Crippen LogP contribution < -0.4 is 4.74 Å². The lowest BCUT2D eigenvalue weighted by molar-refractivity contribution is -0.129. The number of hydrogen-bond acceptors (Lipinski definition) is 4. The molecule has 0 amide bonds. The Bertz CT molecular complexity index is 685. The number of methoxy groups -OCH3 is 1. The summed E-state index contributed by atoms with van der Waals surface area (Å²) in [6.45, 7) is 6.22. The van der Waals surface area contributed by atoms with E-state index in [9.17, 15) is 9.90 Å². The number of ketones is 1. The van der Waals surface area contributed by atoms with Gasteiger partial charge in [0.2, 0.25) is 5.78 Å². The lowest BCUT2D eigenvalue weighted by Gasteiger charge is -2.16. The van der Waals surface area contributed by atoms with Gasteiger partial charge in [-0.25, -0.2) is 0 Å². The maximum Gasteiger partial charge on any atom is 0.236 e. The number of hydrogen-bond donors (Lipinski definition) is 1. The molecule has 26 heavy (non-hydrogen) atoms. The molecule has 0 fully saturated rings. The molecule has 1 N–H and O–H groups in total. The van der Waals surface area contributed by atoms with Crippen molar-refractivity contribution < 1.29 is 19.4 Å². The third-order valence-corrected chi connectivity index (χ3v) is 3.78. The number of aliphatic hydroxyl groups is 1. The van der Waals surface area contributed by atoms with Gasteiger partial charge < -0.3 is 14.6 Å². The molecule has 1 rings (SSSR count). The van der Waals surface area contributed by atoms with Crippen molar-refractivity contribution in [1.29, 1.82) is 0 Å². The van der Waals surface area contributed by atoms with E-state index in [4.69, 9.17) is 9.47 Å². The summed E-state index contributed by atoms with van der Waals surface area (Å²) < 4.78 is 10.8. The zero-order chi connectivity index (χ0) is 19.4. The van der Waals surface area contributed by atoms with Crippen LogP contribution in [0.4, 0.5) is 0 Å². The monoisotopic (exact) mass is 356 g/mol. The first-order chi connectivity index (χ1) is 12.4. The van der Waals surface area contributed by atoms with Crippen LogP contribution in [0.3, 0.4) is 0 Å². The fraction of sp³-hybridized carbons (Fsp3) is 0.409. The van der Waals surface area contributed by atoms with Gasteiger partial charge in [0.1, 0.15) is 11.4 Å². The third kappa shape index (κ3) is 8.15. The predicted octanol–water partition coefficient (Wildman–Crippen LogP) is 3.84. The minimum Gasteiger partial charge on any atom is -0.497 e. The van der Waals surface area contributed by atoms with Gasteiger partial charge in [0.25, 0.3) is 0 Å². The zero-order valence-corrected chi connectivity index (χ0v) is 16.0. The Morgan fingerprint density at radius 3 is 2.62 bits per heavy atom. The van der Waals surface area contributed by atoms with Gasteiger partial charge in [-0.2, -0.15) is 0 Å². The van der Waals surface area contributed by atoms with Crippen molar-refractivity contribution in [2.24, 2.45) is 0 Å². The zero-order valence-electron chi connectivity index (χ0n) is 16.0. The lowest BCUT2D eigenvalue weighted by Crippen LogP contribution is -2.33. The van der Waals surface area contributed by atoms with Crippen LogP contribution in [0, 0.1) is 11.8 Å². The van der Waals surface area contributed by atoms with Gasteiger partial charge in [-0.3, -0.25) is 4.79 Å². The Hall–Kier alpha value is -2.35. The molecule has 140 valence electrons. The van der Waals surface area contributed by atoms with Gasteiger partial charge in [-0.05, 0) is 50.8 Å². The minimum atomic E-state index is -1.44. The summed E-state index contributed by atoms with van der Waals surface area (Å²) in [6, 6.07) is 7.80. The summed E-state index contributed by atoms with van der Waals surface area (Å²) in [7, 11) is 1.65. The Balaban J connectivity index is 2.32. The normalized spacial score (nSPS) is 13.8. The Morgan fingerprint density at radius 2 is 2.00 bits per heavy atom. The molecular formula is C22H28O4. The third-order valence-electron chi connectivity index (χ3n) is 3.78. The first-order valence-corrected chi connectivity index (χ1v) is 8.62. The molecule has 4 heteroatoms. The molecule has 0 saturated heterocycles. The predicted molar refractivity (Wildman–Crippen MR) is 104 cm³/mol. The molecule has 0 saturated carbocycles. The smallest absolute Gasteiger partial charge is 0.236 e. The summed E-state index contributed by atoms with van der Waals surface area (Å²) in [4.78, 5) is 11.6. The van der Waals surface area contributed by atoms with Gasteiger partial charge in [-0.15, -0.1) is 0 Å². The fourth-order valence-electron chi connectivity index (χ4n) is 2.16. The number of rotatable bonds is 10. The molecular weight excluding hydrogens is 328 g/mol. The van der Waals surface area contributed by atoms with Crippen LogP contribution >= 0.6 is 0 Å². The highest BCUT2D eigenvalue weighted by Gasteiger charge is 2.26. The van der Waals surface area contributed by atoms with Crippen molar-refractivity contribution in [3.8, 4) is 17.6 Å². The second-order valence-corrected chi connectivity index (χ2v) is 6.22. The van der Waals surface area contributed by atoms with Gasteiger partial charge in [-0.1, -0.05) is 41.9 Å². The van der Waals surface area contributed by atoms with Crippen LogP contribution in [0.2, 0.25) is 0 Å². The topological polar surface area (TPSA) is 55.8 Å². The SMILES string of the molecule is CC#CC(=O)[C@](C)(O)C/C=C/C(C)=C/CCOCc1ccc(OC)cc1. The number of allylic oxidation sites excluding steroid dienone is 2. The van der Waals surface area contributed by atoms with Crippen molar-refractivity contribution in [3.63, 3.8) is 0 Å². The quantitative estimate of drug-likeness (QED) is 0.299. The van der Waals surface area contributed by atoms with Crippen LogP contribution in [0.5, 0.6) is 5.75 Å². The van der Waals surface area contributed by atoms with Crippen molar-refractivity contribution in [2.75, 3.05) is 13.7 Å². The Labute approximate surface area is 156 Å². The molecule has 1 aromatic carbocycles. The van der Waals surface area contributed by atoms with E-state index in [-0.39, 0.29) is 6.42 Å². The maximum absolute atomic E-state index is 11.6. The largest absolute Gasteiger partial charge is 0.497 e. The maximum atomic E-state index is 11.6. The molecule has 4 nitrogen and oxygen atoms in total. The number of benzene rings is 1. The van der Waals surface area contributed by atoms with E-state index in [0.717, 1.165) is 23.3 Å². The molecule has 0 radical (unpaired) electrons. The van der Waals surface area contributed by atoms with E-state index >= 15 is 0 Å². The first-order valence-electron chi connectivity index (χ1n) is 8.62. The van der Waals surface area contributed by atoms with E-state index in [1.807, 2.05) is 37.3 Å². The second-order valence-electron chi connectivity index (χ2n) is 6.22. The van der Waals surface area contributed by atoms with Gasteiger partial charge in [0.15, 0.2) is 0 Å². The van der Waals surface area contributed by atoms with Gasteiger partial charge >= 0.3 is 0 Å². The van der Waals surface area contributed by atoms with Crippen LogP contribution in [0.15, 0.2) is 48.1 Å². The van der Waals surface area contributed by atoms with E-state index in [1.165, 1.54) is 6.92 Å². The molecule has 0 heterocycles. The summed E-state index contributed by atoms with van der Waals surface area (Å²) in [5, 5.41) is 10.1. The second kappa shape index (κ2) is 11.3. The van der Waals surface area contributed by atoms with Crippen molar-refractivity contribution in [3.05, 3.63) is 53.6 Å². The summed E-state index contributed by atoms with van der Waals surface area (Å²) >= 11 is 0. The molecule has 1 aromatic rings. The van der Waals surface area contributed by atoms with Crippen molar-refractivity contribution in [1.82, 2.24) is 0 Å². The average Bonchev–Trinajstić information content (AvgIpc) is 2.62. The number of carbonyl (C=O) groups is 1. The van der Waals surface area contributed by atoms with Crippen molar-refractivity contribution >= 4 is 5.78 Å². The Kier molecular flexibility index (Phi) is 9.43. The molecule has 1 atom stereocenters. The standard InChI is InChI=1S/C22H28O4/c1-5-8-21(23)22(3,24)15-6-9-18(2)10-7-16-26-17-19-11-13-20(25-4)14-12-19/h6,9-14,24H,7,15-17H2,1-4H3/b9-6+,18-10+/t22-/m1/s1. The summed E-state index contributed by atoms with van der Waals surface area (Å²) in [6.07, 6.45) is 6.78. The molecule has 0 aliphatic heterocycles.